The van der Waals surface area contributed by atoms with E-state index in [1.54, 1.807) is 0 Å². The highest BCUT2D eigenvalue weighted by Crippen LogP contribution is 2.41. The van der Waals surface area contributed by atoms with Crippen LogP contribution in [0.4, 0.5) is 6.01 Å². The number of nitrogen functional groups attached to an aromatic ring is 1. The molecule has 0 bridgehead atoms. The van der Waals surface area contributed by atoms with Gasteiger partial charge < -0.3 is 10.2 Å². The van der Waals surface area contributed by atoms with Gasteiger partial charge in [0.15, 0.2) is 0 Å². The molecule has 1 fully saturated rings. The van der Waals surface area contributed by atoms with Crippen LogP contribution in [-0.2, 0) is 0 Å². The van der Waals surface area contributed by atoms with E-state index < -0.39 is 0 Å². The number of hydrogen-bond acceptors (Lipinski definition) is 3. The number of aromatic nitrogens is 1. The van der Waals surface area contributed by atoms with Crippen LogP contribution in [0.5, 0.6) is 0 Å². The van der Waals surface area contributed by atoms with Crippen LogP contribution in [0.15, 0.2) is 4.42 Å². The third kappa shape index (κ3) is 0.781. The Bertz CT molecular complexity index is 250. The maximum atomic E-state index is 5.37. The van der Waals surface area contributed by atoms with E-state index in [4.69, 9.17) is 10.2 Å². The van der Waals surface area contributed by atoms with Crippen LogP contribution in [0.25, 0.3) is 0 Å². The average Bonchev–Trinajstić information content (AvgIpc) is 2.61. The standard InChI is InChI=1S/C7H10N2O/c1-4-6(5-2-3-5)9-7(8)10-4/h5H,2-3H2,1H3,(H2,8,9). The summed E-state index contributed by atoms with van der Waals surface area (Å²) in [5, 5.41) is 0. The third-order valence-electron chi connectivity index (χ3n) is 1.81. The third-order valence-corrected chi connectivity index (χ3v) is 1.81. The predicted molar refractivity (Wildman–Crippen MR) is 37.6 cm³/mol. The fourth-order valence-corrected chi connectivity index (χ4v) is 1.16. The molecule has 0 aromatic carbocycles. The topological polar surface area (TPSA) is 52.0 Å². The van der Waals surface area contributed by atoms with Gasteiger partial charge in [-0.1, -0.05) is 0 Å². The number of nitrogens with zero attached hydrogens (tertiary/aromatic N) is 1. The lowest BCUT2D eigenvalue weighted by Crippen LogP contribution is -1.84. The van der Waals surface area contributed by atoms with E-state index >= 15 is 0 Å². The minimum absolute atomic E-state index is 0.305. The lowest BCUT2D eigenvalue weighted by molar-refractivity contribution is 0.545. The molecule has 0 spiro atoms. The minimum atomic E-state index is 0.305. The van der Waals surface area contributed by atoms with E-state index in [9.17, 15) is 0 Å². The van der Waals surface area contributed by atoms with Crippen LogP contribution < -0.4 is 5.73 Å². The second-order valence-electron chi connectivity index (χ2n) is 2.77. The molecule has 54 valence electrons. The van der Waals surface area contributed by atoms with Crippen molar-refractivity contribution in [3.05, 3.63) is 11.5 Å². The Morgan fingerprint density at radius 1 is 1.60 bits per heavy atom. The second kappa shape index (κ2) is 1.75. The van der Waals surface area contributed by atoms with Crippen LogP contribution >= 0.6 is 0 Å². The minimum Gasteiger partial charge on any atom is -0.429 e. The summed E-state index contributed by atoms with van der Waals surface area (Å²) in [6, 6.07) is 0.305. The van der Waals surface area contributed by atoms with Gasteiger partial charge in [-0.05, 0) is 19.8 Å². The van der Waals surface area contributed by atoms with Crippen molar-refractivity contribution in [2.24, 2.45) is 0 Å². The number of aryl methyl sites for hydroxylation is 1. The molecule has 0 aliphatic heterocycles. The molecule has 1 saturated carbocycles. The molecule has 1 aromatic heterocycles. The molecule has 0 atom stereocenters. The average molecular weight is 138 g/mol. The summed E-state index contributed by atoms with van der Waals surface area (Å²) in [7, 11) is 0. The van der Waals surface area contributed by atoms with Gasteiger partial charge in [0.1, 0.15) is 5.76 Å². The van der Waals surface area contributed by atoms with Crippen LogP contribution in [0, 0.1) is 6.92 Å². The first-order valence-corrected chi connectivity index (χ1v) is 3.50. The molecule has 1 aliphatic rings. The SMILES string of the molecule is Cc1oc(N)nc1C1CC1. The first kappa shape index (κ1) is 5.77. The van der Waals surface area contributed by atoms with Crippen molar-refractivity contribution in [1.82, 2.24) is 4.98 Å². The van der Waals surface area contributed by atoms with E-state index in [1.165, 1.54) is 12.8 Å². The molecule has 0 amide bonds. The molecule has 0 radical (unpaired) electrons. The number of anilines is 1. The Morgan fingerprint density at radius 3 is 2.70 bits per heavy atom. The van der Waals surface area contributed by atoms with E-state index in [2.05, 4.69) is 4.98 Å². The first-order chi connectivity index (χ1) is 4.77. The monoisotopic (exact) mass is 138 g/mol. The largest absolute Gasteiger partial charge is 0.429 e. The summed E-state index contributed by atoms with van der Waals surface area (Å²) in [4.78, 5) is 4.08. The van der Waals surface area contributed by atoms with Gasteiger partial charge in [0.2, 0.25) is 0 Å². The van der Waals surface area contributed by atoms with Gasteiger partial charge >= 0.3 is 0 Å². The van der Waals surface area contributed by atoms with Crippen LogP contribution in [0.2, 0.25) is 0 Å². The second-order valence-corrected chi connectivity index (χ2v) is 2.77. The molecule has 10 heavy (non-hydrogen) atoms. The van der Waals surface area contributed by atoms with Crippen LogP contribution in [0.1, 0.15) is 30.2 Å². The molecular weight excluding hydrogens is 128 g/mol. The van der Waals surface area contributed by atoms with Gasteiger partial charge in [-0.25, -0.2) is 0 Å². The van der Waals surface area contributed by atoms with Gasteiger partial charge in [-0.3, -0.25) is 0 Å². The highest BCUT2D eigenvalue weighted by atomic mass is 16.4. The summed E-state index contributed by atoms with van der Waals surface area (Å²) in [6.07, 6.45) is 2.49. The number of rotatable bonds is 1. The first-order valence-electron chi connectivity index (χ1n) is 3.50. The molecule has 0 unspecified atom stereocenters. The van der Waals surface area contributed by atoms with Crippen molar-refractivity contribution in [1.29, 1.82) is 0 Å². The fourth-order valence-electron chi connectivity index (χ4n) is 1.16. The Kier molecular flexibility index (Phi) is 1.01. The Labute approximate surface area is 59.2 Å². The molecule has 3 nitrogen and oxygen atoms in total. The summed E-state index contributed by atoms with van der Waals surface area (Å²) >= 11 is 0. The zero-order valence-electron chi connectivity index (χ0n) is 5.92. The van der Waals surface area contributed by atoms with Crippen molar-refractivity contribution in [3.8, 4) is 0 Å². The lowest BCUT2D eigenvalue weighted by Gasteiger charge is -1.86. The molecule has 2 N–H and O–H groups in total. The zero-order chi connectivity index (χ0) is 7.14. The number of hydrogen-bond donors (Lipinski definition) is 1. The van der Waals surface area contributed by atoms with Crippen LogP contribution in [0.3, 0.4) is 0 Å². The Morgan fingerprint density at radius 2 is 2.30 bits per heavy atom. The van der Waals surface area contributed by atoms with Gasteiger partial charge in [0.05, 0.1) is 5.69 Å². The van der Waals surface area contributed by atoms with E-state index in [-0.39, 0.29) is 0 Å². The van der Waals surface area contributed by atoms with E-state index in [1.807, 2.05) is 6.92 Å². The van der Waals surface area contributed by atoms with Gasteiger partial charge in [0, 0.05) is 5.92 Å². The molecule has 0 saturated heterocycles. The summed E-state index contributed by atoms with van der Waals surface area (Å²) < 4.78 is 5.08. The summed E-state index contributed by atoms with van der Waals surface area (Å²) in [5.41, 5.74) is 6.43. The van der Waals surface area contributed by atoms with Gasteiger partial charge in [0.25, 0.3) is 6.01 Å². The summed E-state index contributed by atoms with van der Waals surface area (Å²) in [5.74, 6) is 1.53. The zero-order valence-corrected chi connectivity index (χ0v) is 5.92. The van der Waals surface area contributed by atoms with E-state index in [0.29, 0.717) is 11.9 Å². The molecule has 1 aromatic rings. The van der Waals surface area contributed by atoms with Crippen LogP contribution in [-0.4, -0.2) is 4.98 Å². The molecular formula is C7H10N2O. The van der Waals surface area contributed by atoms with Crippen molar-refractivity contribution in [3.63, 3.8) is 0 Å². The van der Waals surface area contributed by atoms with E-state index in [0.717, 1.165) is 11.5 Å². The maximum Gasteiger partial charge on any atom is 0.292 e. The lowest BCUT2D eigenvalue weighted by atomic mass is 10.2. The van der Waals surface area contributed by atoms with Crippen molar-refractivity contribution in [2.75, 3.05) is 5.73 Å². The Hall–Kier alpha value is -0.990. The quantitative estimate of drug-likeness (QED) is 0.638. The fraction of sp³-hybridized carbons (Fsp3) is 0.571. The van der Waals surface area contributed by atoms with Crippen molar-refractivity contribution < 1.29 is 4.42 Å². The van der Waals surface area contributed by atoms with Gasteiger partial charge in [-0.15, -0.1) is 0 Å². The number of nitrogens with two attached hydrogens (primary N) is 1. The normalized spacial score (nSPS) is 17.7. The number of oxazole rings is 1. The smallest absolute Gasteiger partial charge is 0.292 e. The van der Waals surface area contributed by atoms with Crippen molar-refractivity contribution in [2.45, 2.75) is 25.7 Å². The predicted octanol–water partition coefficient (Wildman–Crippen LogP) is 1.44. The molecule has 1 heterocycles. The molecule has 2 rings (SSSR count). The maximum absolute atomic E-state index is 5.37. The van der Waals surface area contributed by atoms with Crippen molar-refractivity contribution >= 4 is 6.01 Å². The summed E-state index contributed by atoms with van der Waals surface area (Å²) in [6.45, 7) is 1.91. The molecule has 3 heteroatoms. The highest BCUT2D eigenvalue weighted by molar-refractivity contribution is 5.25. The molecule has 1 aliphatic carbocycles. The Balaban J connectivity index is 2.38. The van der Waals surface area contributed by atoms with Gasteiger partial charge in [-0.2, -0.15) is 4.98 Å². The highest BCUT2D eigenvalue weighted by Gasteiger charge is 2.28.